The van der Waals surface area contributed by atoms with Crippen LogP contribution in [-0.4, -0.2) is 37.9 Å². The van der Waals surface area contributed by atoms with Crippen molar-refractivity contribution in [1.82, 2.24) is 15.1 Å². The highest BCUT2D eigenvalue weighted by molar-refractivity contribution is 7.99. The quantitative estimate of drug-likeness (QED) is 0.901. The van der Waals surface area contributed by atoms with Gasteiger partial charge in [-0.2, -0.15) is 16.9 Å². The zero-order valence-corrected chi connectivity index (χ0v) is 13.1. The molecule has 1 aliphatic rings. The predicted molar refractivity (Wildman–Crippen MR) is 86.9 cm³/mol. The van der Waals surface area contributed by atoms with E-state index in [1.54, 1.807) is 22.6 Å². The first-order valence-corrected chi connectivity index (χ1v) is 8.50. The number of nitrogens with one attached hydrogen (secondary N) is 1. The topological polar surface area (TPSA) is 67.2 Å². The molecule has 0 unspecified atom stereocenters. The minimum absolute atomic E-state index is 0.278. The van der Waals surface area contributed by atoms with Crippen molar-refractivity contribution in [1.29, 1.82) is 0 Å². The number of nitrogens with zero attached hydrogens (tertiary/aromatic N) is 2. The Hall–Kier alpha value is -1.79. The van der Waals surface area contributed by atoms with Gasteiger partial charge in [0.25, 0.3) is 5.91 Å². The first-order valence-electron chi connectivity index (χ1n) is 7.35. The molecule has 1 amide bonds. The lowest BCUT2D eigenvalue weighted by molar-refractivity contribution is -0.140. The number of carbonyl (C=O) groups excluding carboxylic acids is 1. The van der Waals surface area contributed by atoms with Gasteiger partial charge in [0.05, 0.1) is 11.9 Å². The molecule has 3 rings (SSSR count). The van der Waals surface area contributed by atoms with Crippen LogP contribution in [0, 0.1) is 0 Å². The van der Waals surface area contributed by atoms with E-state index in [1.165, 1.54) is 0 Å². The molecule has 2 aromatic rings. The lowest BCUT2D eigenvalue weighted by Gasteiger charge is -2.30. The third-order valence-electron chi connectivity index (χ3n) is 3.85. The summed E-state index contributed by atoms with van der Waals surface area (Å²) >= 11 is 1.78. The van der Waals surface area contributed by atoms with Crippen LogP contribution in [0.3, 0.4) is 0 Å². The van der Waals surface area contributed by atoms with E-state index < -0.39 is 5.60 Å². The maximum Gasteiger partial charge on any atom is 0.252 e. The molecule has 0 saturated carbocycles. The Morgan fingerprint density at radius 2 is 2.05 bits per heavy atom. The van der Waals surface area contributed by atoms with Crippen LogP contribution in [0.1, 0.15) is 18.4 Å². The largest absolute Gasteiger partial charge is 0.380 e. The van der Waals surface area contributed by atoms with E-state index in [0.717, 1.165) is 22.8 Å². The standard InChI is InChI=1S/C16H19N3O2S/c20-15(16(21)6-8-22-9-7-16)17-10-13-11-18-19(12-13)14-4-2-1-3-5-14/h1-5,11-12,21H,6-10H2,(H,17,20). The predicted octanol–water partition coefficient (Wildman–Crippen LogP) is 1.75. The Kier molecular flexibility index (Phi) is 4.49. The zero-order chi connectivity index (χ0) is 15.4. The Balaban J connectivity index is 1.60. The van der Waals surface area contributed by atoms with Crippen molar-refractivity contribution in [2.24, 2.45) is 0 Å². The molecule has 0 bridgehead atoms. The van der Waals surface area contributed by atoms with E-state index >= 15 is 0 Å². The Morgan fingerprint density at radius 3 is 2.77 bits per heavy atom. The fourth-order valence-corrected chi connectivity index (χ4v) is 3.62. The molecule has 2 N–H and O–H groups in total. The summed E-state index contributed by atoms with van der Waals surface area (Å²) < 4.78 is 1.77. The second-order valence-corrected chi connectivity index (χ2v) is 6.68. The minimum atomic E-state index is -1.21. The van der Waals surface area contributed by atoms with Crippen LogP contribution in [0.2, 0.25) is 0 Å². The fraction of sp³-hybridized carbons (Fsp3) is 0.375. The maximum atomic E-state index is 12.2. The number of thioether (sulfide) groups is 1. The summed E-state index contributed by atoms with van der Waals surface area (Å²) in [6, 6.07) is 9.80. The summed E-state index contributed by atoms with van der Waals surface area (Å²) in [5, 5.41) is 17.5. The molecule has 0 radical (unpaired) electrons. The molecular formula is C16H19N3O2S. The van der Waals surface area contributed by atoms with Gasteiger partial charge in [-0.3, -0.25) is 4.79 Å². The molecule has 116 valence electrons. The molecule has 0 aliphatic carbocycles. The summed E-state index contributed by atoms with van der Waals surface area (Å²) in [6.45, 7) is 0.376. The number of aliphatic hydroxyl groups is 1. The van der Waals surface area contributed by atoms with E-state index in [2.05, 4.69) is 10.4 Å². The smallest absolute Gasteiger partial charge is 0.252 e. The molecule has 0 atom stereocenters. The van der Waals surface area contributed by atoms with Gasteiger partial charge in [0.1, 0.15) is 5.60 Å². The second kappa shape index (κ2) is 6.54. The number of rotatable bonds is 4. The third-order valence-corrected chi connectivity index (χ3v) is 4.84. The first-order chi connectivity index (χ1) is 10.7. The number of carbonyl (C=O) groups is 1. The Bertz CT molecular complexity index is 636. The highest BCUT2D eigenvalue weighted by Crippen LogP contribution is 2.27. The number of aromatic nitrogens is 2. The van der Waals surface area contributed by atoms with Crippen molar-refractivity contribution < 1.29 is 9.90 Å². The Labute approximate surface area is 133 Å². The van der Waals surface area contributed by atoms with E-state index in [4.69, 9.17) is 0 Å². The SMILES string of the molecule is O=C(NCc1cnn(-c2ccccc2)c1)C1(O)CCSCC1. The van der Waals surface area contributed by atoms with Crippen LogP contribution in [-0.2, 0) is 11.3 Å². The van der Waals surface area contributed by atoms with E-state index in [9.17, 15) is 9.90 Å². The monoisotopic (exact) mass is 317 g/mol. The van der Waals surface area contributed by atoms with Crippen LogP contribution >= 0.6 is 11.8 Å². The zero-order valence-electron chi connectivity index (χ0n) is 12.2. The van der Waals surface area contributed by atoms with Crippen LogP contribution < -0.4 is 5.32 Å². The Morgan fingerprint density at radius 1 is 1.32 bits per heavy atom. The molecule has 0 spiro atoms. The van der Waals surface area contributed by atoms with Crippen molar-refractivity contribution >= 4 is 17.7 Å². The molecule has 5 nitrogen and oxygen atoms in total. The minimum Gasteiger partial charge on any atom is -0.380 e. The number of hydrogen-bond acceptors (Lipinski definition) is 4. The van der Waals surface area contributed by atoms with Crippen LogP contribution in [0.5, 0.6) is 0 Å². The number of hydrogen-bond donors (Lipinski definition) is 2. The summed E-state index contributed by atoms with van der Waals surface area (Å²) in [7, 11) is 0. The summed E-state index contributed by atoms with van der Waals surface area (Å²) in [5.41, 5.74) is 0.676. The molecule has 1 aromatic heterocycles. The average Bonchev–Trinajstić information content (AvgIpc) is 3.03. The van der Waals surface area contributed by atoms with E-state index in [0.29, 0.717) is 19.4 Å². The number of amides is 1. The van der Waals surface area contributed by atoms with Crippen LogP contribution in [0.25, 0.3) is 5.69 Å². The van der Waals surface area contributed by atoms with Gasteiger partial charge in [-0.1, -0.05) is 18.2 Å². The van der Waals surface area contributed by atoms with Crippen LogP contribution in [0.4, 0.5) is 0 Å². The van der Waals surface area contributed by atoms with Gasteiger partial charge in [0, 0.05) is 18.3 Å². The molecule has 1 fully saturated rings. The first kappa shape index (κ1) is 15.1. The van der Waals surface area contributed by atoms with Crippen molar-refractivity contribution in [3.63, 3.8) is 0 Å². The molecule has 2 heterocycles. The van der Waals surface area contributed by atoms with Gasteiger partial charge >= 0.3 is 0 Å². The van der Waals surface area contributed by atoms with Crippen molar-refractivity contribution in [2.45, 2.75) is 25.0 Å². The lowest BCUT2D eigenvalue weighted by Crippen LogP contribution is -2.48. The van der Waals surface area contributed by atoms with E-state index in [1.807, 2.05) is 36.5 Å². The molecule has 1 aromatic carbocycles. The maximum absolute atomic E-state index is 12.2. The normalized spacial score (nSPS) is 17.1. The third kappa shape index (κ3) is 3.34. The fourth-order valence-electron chi connectivity index (χ4n) is 2.46. The van der Waals surface area contributed by atoms with Crippen molar-refractivity contribution in [3.05, 3.63) is 48.3 Å². The highest BCUT2D eigenvalue weighted by atomic mass is 32.2. The summed E-state index contributed by atoms with van der Waals surface area (Å²) in [4.78, 5) is 12.2. The lowest BCUT2D eigenvalue weighted by atomic mass is 9.96. The summed E-state index contributed by atoms with van der Waals surface area (Å²) in [5.74, 6) is 1.38. The highest BCUT2D eigenvalue weighted by Gasteiger charge is 2.37. The van der Waals surface area contributed by atoms with Gasteiger partial charge in [-0.05, 0) is 36.5 Å². The number of benzene rings is 1. The number of para-hydroxylation sites is 1. The molecule has 6 heteroatoms. The van der Waals surface area contributed by atoms with Gasteiger partial charge in [-0.25, -0.2) is 4.68 Å². The van der Waals surface area contributed by atoms with Crippen LogP contribution in [0.15, 0.2) is 42.7 Å². The van der Waals surface area contributed by atoms with E-state index in [-0.39, 0.29) is 5.91 Å². The van der Waals surface area contributed by atoms with Gasteiger partial charge in [-0.15, -0.1) is 0 Å². The molecule has 22 heavy (non-hydrogen) atoms. The molecular weight excluding hydrogens is 298 g/mol. The second-order valence-electron chi connectivity index (χ2n) is 5.46. The summed E-state index contributed by atoms with van der Waals surface area (Å²) in [6.07, 6.45) is 4.66. The molecule has 1 aliphatic heterocycles. The van der Waals surface area contributed by atoms with Gasteiger partial charge < -0.3 is 10.4 Å². The van der Waals surface area contributed by atoms with Crippen molar-refractivity contribution in [3.8, 4) is 5.69 Å². The molecule has 1 saturated heterocycles. The van der Waals surface area contributed by atoms with Gasteiger partial charge in [0.2, 0.25) is 0 Å². The van der Waals surface area contributed by atoms with Gasteiger partial charge in [0.15, 0.2) is 0 Å². The van der Waals surface area contributed by atoms with Crippen molar-refractivity contribution in [2.75, 3.05) is 11.5 Å². The average molecular weight is 317 g/mol.